The molecule has 8 aromatic rings. The number of hydrogen-bond acceptors (Lipinski definition) is 14. The molecule has 23 heteroatoms. The van der Waals surface area contributed by atoms with Gasteiger partial charge in [0.2, 0.25) is 11.6 Å². The lowest BCUT2D eigenvalue weighted by molar-refractivity contribution is -0.384. The Hall–Kier alpha value is -6.79. The summed E-state index contributed by atoms with van der Waals surface area (Å²) < 4.78 is 15.3. The molecular weight excluding hydrogens is 1200 g/mol. The van der Waals surface area contributed by atoms with E-state index in [1.165, 1.54) is 15.6 Å². The first-order valence-corrected chi connectivity index (χ1v) is 24.1. The first-order valence-electron chi connectivity index (χ1n) is 20.7. The van der Waals surface area contributed by atoms with Gasteiger partial charge in [0.1, 0.15) is 32.1 Å². The van der Waals surface area contributed by atoms with E-state index in [0.717, 1.165) is 20.4 Å². The summed E-state index contributed by atoms with van der Waals surface area (Å²) in [5.74, 6) is 0.920. The van der Waals surface area contributed by atoms with E-state index >= 15 is 0 Å². The molecule has 0 aliphatic heterocycles. The molecule has 0 saturated carbocycles. The van der Waals surface area contributed by atoms with Gasteiger partial charge in [-0.25, -0.2) is 9.97 Å². The SMILES string of the molecule is COc1ccc(Cn2nc(N)c([N+](=O)[O-])c2C)cc1.COc1ccc(Cn2nc(Nc3cc(Br)ncc3C(=O)c3ccccc3Cl)c([N+](=O)[O-])c2C)cc1.O=C(c1ccccc1Cl)c1cnc(Br)cc1I. The molecule has 8 rings (SSSR count). The van der Waals surface area contributed by atoms with Crippen molar-refractivity contribution in [1.29, 1.82) is 0 Å². The zero-order chi connectivity index (χ0) is 51.5. The van der Waals surface area contributed by atoms with Crippen LogP contribution in [0, 0.1) is 37.6 Å². The minimum absolute atomic E-state index is 0.00678. The van der Waals surface area contributed by atoms with Gasteiger partial charge in [0.15, 0.2) is 11.6 Å². The summed E-state index contributed by atoms with van der Waals surface area (Å²) in [6, 6.07) is 31.7. The number of rotatable bonds is 14. The Morgan fingerprint density at radius 1 is 0.676 bits per heavy atom. The smallest absolute Gasteiger partial charge is 0.334 e. The van der Waals surface area contributed by atoms with Gasteiger partial charge in [-0.2, -0.15) is 0 Å². The molecule has 71 heavy (non-hydrogen) atoms. The molecule has 18 nitrogen and oxygen atoms in total. The van der Waals surface area contributed by atoms with Crippen molar-refractivity contribution in [2.24, 2.45) is 0 Å². The first kappa shape index (κ1) is 53.6. The molecule has 0 amide bonds. The molecule has 0 radical (unpaired) electrons. The first-order chi connectivity index (χ1) is 33.9. The van der Waals surface area contributed by atoms with Gasteiger partial charge in [0.25, 0.3) is 0 Å². The highest BCUT2D eigenvalue weighted by atomic mass is 127. The third-order valence-corrected chi connectivity index (χ3v) is 12.8. The summed E-state index contributed by atoms with van der Waals surface area (Å²) >= 11 is 20.9. The van der Waals surface area contributed by atoms with Crippen LogP contribution < -0.4 is 20.5 Å². The highest BCUT2D eigenvalue weighted by Crippen LogP contribution is 2.34. The minimum atomic E-state index is -0.512. The molecule has 0 aliphatic carbocycles. The Balaban J connectivity index is 0.000000193. The van der Waals surface area contributed by atoms with Gasteiger partial charge in [0, 0.05) is 27.1 Å². The molecule has 0 spiro atoms. The van der Waals surface area contributed by atoms with Gasteiger partial charge in [-0.15, -0.1) is 10.2 Å². The largest absolute Gasteiger partial charge is 0.497 e. The van der Waals surface area contributed by atoms with Crippen LogP contribution in [-0.4, -0.2) is 65.2 Å². The molecule has 0 fully saturated rings. The number of benzene rings is 4. The van der Waals surface area contributed by atoms with Crippen LogP contribution >= 0.6 is 77.7 Å². The summed E-state index contributed by atoms with van der Waals surface area (Å²) in [7, 11) is 3.17. The number of ketones is 2. The average molecular weight is 1240 g/mol. The molecule has 4 aromatic carbocycles. The number of halogens is 5. The van der Waals surface area contributed by atoms with Crippen LogP contribution in [0.3, 0.4) is 0 Å². The van der Waals surface area contributed by atoms with Gasteiger partial charge in [-0.05, 0) is 140 Å². The number of aromatic nitrogens is 6. The van der Waals surface area contributed by atoms with E-state index in [-0.39, 0.29) is 50.7 Å². The Labute approximate surface area is 446 Å². The van der Waals surface area contributed by atoms with E-state index < -0.39 is 9.85 Å². The standard InChI is InChI=1S/C24H19BrClN5O4.C12H6BrClINO.C12H14N4O3/c1-14-22(31(33)34)24(29-30(14)13-15-7-9-16(35-2)10-8-15)28-20-11-21(25)27-12-18(20)23(32)17-5-3-4-6-19(17)26;13-11-5-10(15)8(6-16-11)12(17)7-3-1-2-4-9(7)14;1-8-11(16(17)18)12(13)14-15(8)7-9-3-5-10(19-2)6-4-9/h3-12H,13H2,1-2H3,(H,27,28,29);1-6H;3-6H,7H2,1-2H3,(H2,13,14). The topological polar surface area (TPSA) is 238 Å². The molecule has 3 N–H and O–H groups in total. The van der Waals surface area contributed by atoms with Crippen LogP contribution in [0.15, 0.2) is 131 Å². The Morgan fingerprint density at radius 3 is 1.56 bits per heavy atom. The Morgan fingerprint density at radius 2 is 1.11 bits per heavy atom. The van der Waals surface area contributed by atoms with Gasteiger partial charge in [-0.3, -0.25) is 39.2 Å². The minimum Gasteiger partial charge on any atom is -0.497 e. The monoisotopic (exact) mass is 1240 g/mol. The molecule has 0 bridgehead atoms. The lowest BCUT2D eigenvalue weighted by atomic mass is 10.0. The number of methoxy groups -OCH3 is 2. The van der Waals surface area contributed by atoms with Gasteiger partial charge in [-0.1, -0.05) is 71.7 Å². The quantitative estimate of drug-likeness (QED) is 0.0339. The Bertz CT molecular complexity index is 3270. The molecular formula is C48H39Br2Cl2IN10O8. The number of carbonyl (C=O) groups excluding carboxylic acids is 2. The number of carbonyl (C=O) groups is 2. The van der Waals surface area contributed by atoms with Crippen LogP contribution in [0.1, 0.15) is 54.4 Å². The number of pyridine rings is 2. The number of hydrogen-bond donors (Lipinski definition) is 2. The molecule has 0 atom stereocenters. The second-order valence-corrected chi connectivity index (χ2v) is 18.5. The van der Waals surface area contributed by atoms with Crippen molar-refractivity contribution >= 4 is 118 Å². The number of nitrogen functional groups attached to an aromatic ring is 1. The second kappa shape index (κ2) is 24.4. The predicted octanol–water partition coefficient (Wildman–Crippen LogP) is 12.0. The maximum atomic E-state index is 13.2. The molecule has 0 aliphatic rings. The summed E-state index contributed by atoms with van der Waals surface area (Å²) in [4.78, 5) is 55.5. The lowest BCUT2D eigenvalue weighted by Crippen LogP contribution is -2.08. The second-order valence-electron chi connectivity index (χ2n) is 14.9. The van der Waals surface area contributed by atoms with Gasteiger partial charge < -0.3 is 20.5 Å². The number of nitrogens with zero attached hydrogens (tertiary/aromatic N) is 8. The van der Waals surface area contributed by atoms with Crippen LogP contribution in [-0.2, 0) is 13.1 Å². The maximum absolute atomic E-state index is 13.2. The number of nitro groups is 2. The van der Waals surface area contributed by atoms with Crippen LogP contribution in [0.25, 0.3) is 0 Å². The lowest BCUT2D eigenvalue weighted by Gasteiger charge is -2.11. The predicted molar refractivity (Wildman–Crippen MR) is 285 cm³/mol. The molecule has 0 saturated heterocycles. The summed E-state index contributed by atoms with van der Waals surface area (Å²) in [5, 5.41) is 34.9. The van der Waals surface area contributed by atoms with Crippen molar-refractivity contribution in [2.45, 2.75) is 26.9 Å². The van der Waals surface area contributed by atoms with E-state index in [2.05, 4.69) is 79.9 Å². The molecule has 4 heterocycles. The summed E-state index contributed by atoms with van der Waals surface area (Å²) in [6.07, 6.45) is 2.93. The zero-order valence-electron chi connectivity index (χ0n) is 37.8. The number of nitrogens with two attached hydrogens (primary N) is 1. The van der Waals surface area contributed by atoms with Crippen molar-refractivity contribution in [2.75, 3.05) is 25.3 Å². The van der Waals surface area contributed by atoms with E-state index in [4.69, 9.17) is 38.4 Å². The van der Waals surface area contributed by atoms with Crippen LogP contribution in [0.4, 0.5) is 28.7 Å². The van der Waals surface area contributed by atoms with Crippen LogP contribution in [0.5, 0.6) is 11.5 Å². The van der Waals surface area contributed by atoms with E-state index in [9.17, 15) is 29.8 Å². The van der Waals surface area contributed by atoms with Crippen molar-refractivity contribution in [1.82, 2.24) is 29.5 Å². The fraction of sp³-hybridized carbons (Fsp3) is 0.125. The summed E-state index contributed by atoms with van der Waals surface area (Å²) in [6.45, 7) is 3.99. The maximum Gasteiger partial charge on any atom is 0.334 e. The van der Waals surface area contributed by atoms with E-state index in [0.29, 0.717) is 61.3 Å². The highest BCUT2D eigenvalue weighted by Gasteiger charge is 2.28. The van der Waals surface area contributed by atoms with Gasteiger partial charge >= 0.3 is 11.4 Å². The van der Waals surface area contributed by atoms with E-state index in [1.807, 2.05) is 48.5 Å². The number of nitrogens with one attached hydrogen (secondary N) is 1. The van der Waals surface area contributed by atoms with Crippen molar-refractivity contribution in [3.63, 3.8) is 0 Å². The van der Waals surface area contributed by atoms with E-state index in [1.54, 1.807) is 94.9 Å². The van der Waals surface area contributed by atoms with Gasteiger partial charge in [0.05, 0.1) is 64.0 Å². The highest BCUT2D eigenvalue weighted by molar-refractivity contribution is 14.1. The van der Waals surface area contributed by atoms with Crippen molar-refractivity contribution in [3.8, 4) is 11.5 Å². The Kier molecular flexibility index (Phi) is 18.4. The van der Waals surface area contributed by atoms with Crippen molar-refractivity contribution in [3.05, 3.63) is 209 Å². The third-order valence-electron chi connectivity index (χ3n) is 10.4. The fourth-order valence-corrected chi connectivity index (χ4v) is 8.95. The molecule has 0 unspecified atom stereocenters. The zero-order valence-corrected chi connectivity index (χ0v) is 44.6. The van der Waals surface area contributed by atoms with Crippen molar-refractivity contribution < 1.29 is 28.9 Å². The normalized spacial score (nSPS) is 10.5. The fourth-order valence-electron chi connectivity index (χ4n) is 6.74. The number of anilines is 3. The third kappa shape index (κ3) is 13.3. The average Bonchev–Trinajstić information content (AvgIpc) is 3.81. The molecule has 364 valence electrons. The molecule has 4 aromatic heterocycles. The van der Waals surface area contributed by atoms with Crippen LogP contribution in [0.2, 0.25) is 10.0 Å². The number of ether oxygens (including phenoxy) is 2. The summed E-state index contributed by atoms with van der Waals surface area (Å²) in [5.41, 5.74) is 9.71.